The fraction of sp³-hybridized carbons (Fsp3) is 0.273. The van der Waals surface area contributed by atoms with Crippen molar-refractivity contribution in [3.05, 3.63) is 64.8 Å². The highest BCUT2D eigenvalue weighted by Gasteiger charge is 2.25. The highest BCUT2D eigenvalue weighted by Crippen LogP contribution is 2.34. The van der Waals surface area contributed by atoms with Gasteiger partial charge in [0, 0.05) is 24.6 Å². The minimum atomic E-state index is -0.0713. The quantitative estimate of drug-likeness (QED) is 0.496. The summed E-state index contributed by atoms with van der Waals surface area (Å²) < 4.78 is 3.36. The van der Waals surface area contributed by atoms with E-state index >= 15 is 0 Å². The van der Waals surface area contributed by atoms with E-state index in [2.05, 4.69) is 22.1 Å². The molecule has 0 amide bonds. The predicted octanol–water partition coefficient (Wildman–Crippen LogP) is 3.71. The molecule has 7 heteroatoms. The van der Waals surface area contributed by atoms with Gasteiger partial charge in [-0.15, -0.1) is 0 Å². The van der Waals surface area contributed by atoms with E-state index in [1.165, 1.54) is 5.56 Å². The van der Waals surface area contributed by atoms with E-state index in [0.717, 1.165) is 47.6 Å². The SMILES string of the molecule is Cn1cc2cc(-n3cnc4cc(C5CCB(C#N)CC5)ccc4c3=O)ccc2n1. The zero-order chi connectivity index (χ0) is 20.0. The lowest BCUT2D eigenvalue weighted by molar-refractivity contribution is 0.612. The maximum atomic E-state index is 13.1. The second-order valence-electron chi connectivity index (χ2n) is 7.92. The molecule has 142 valence electrons. The van der Waals surface area contributed by atoms with Crippen LogP contribution in [0, 0.1) is 11.2 Å². The molecule has 1 saturated heterocycles. The molecule has 1 aliphatic rings. The second kappa shape index (κ2) is 6.89. The number of hydrogen-bond donors (Lipinski definition) is 0. The normalized spacial score (nSPS) is 15.1. The lowest BCUT2D eigenvalue weighted by Gasteiger charge is -2.23. The summed E-state index contributed by atoms with van der Waals surface area (Å²) in [4.78, 5) is 17.7. The van der Waals surface area contributed by atoms with Crippen LogP contribution >= 0.6 is 0 Å². The smallest absolute Gasteiger partial charge is 0.267 e. The van der Waals surface area contributed by atoms with Crippen molar-refractivity contribution in [2.75, 3.05) is 0 Å². The Balaban J connectivity index is 1.51. The number of benzene rings is 2. The Bertz CT molecular complexity index is 1320. The Morgan fingerprint density at radius 2 is 1.97 bits per heavy atom. The maximum Gasteiger partial charge on any atom is 0.267 e. The van der Waals surface area contributed by atoms with Gasteiger partial charge in [-0.05, 0) is 41.8 Å². The van der Waals surface area contributed by atoms with Crippen molar-refractivity contribution in [2.24, 2.45) is 7.05 Å². The lowest BCUT2D eigenvalue weighted by Crippen LogP contribution is -2.20. The molecule has 0 aliphatic carbocycles. The molecule has 2 aromatic heterocycles. The third-order valence-electron chi connectivity index (χ3n) is 6.05. The average molecular weight is 381 g/mol. The summed E-state index contributed by atoms with van der Waals surface area (Å²) in [5.41, 5.74) is 3.56. The van der Waals surface area contributed by atoms with E-state index in [-0.39, 0.29) is 12.3 Å². The van der Waals surface area contributed by atoms with Crippen molar-refractivity contribution in [2.45, 2.75) is 31.4 Å². The number of fused-ring (bicyclic) bond motifs is 2. The van der Waals surface area contributed by atoms with E-state index < -0.39 is 0 Å². The number of nitrogens with zero attached hydrogens (tertiary/aromatic N) is 5. The van der Waals surface area contributed by atoms with Crippen LogP contribution in [-0.2, 0) is 7.05 Å². The van der Waals surface area contributed by atoms with Gasteiger partial charge in [0.15, 0.2) is 0 Å². The molecule has 0 spiro atoms. The highest BCUT2D eigenvalue weighted by atomic mass is 16.1. The van der Waals surface area contributed by atoms with E-state index in [9.17, 15) is 4.79 Å². The monoisotopic (exact) mass is 381 g/mol. The van der Waals surface area contributed by atoms with Crippen molar-refractivity contribution in [1.82, 2.24) is 19.3 Å². The van der Waals surface area contributed by atoms with Crippen LogP contribution < -0.4 is 5.56 Å². The number of hydrogen-bond acceptors (Lipinski definition) is 4. The van der Waals surface area contributed by atoms with Gasteiger partial charge >= 0.3 is 0 Å². The Morgan fingerprint density at radius 3 is 2.76 bits per heavy atom. The summed E-state index contributed by atoms with van der Waals surface area (Å²) in [6.45, 7) is 0.189. The Hall–Kier alpha value is -3.40. The van der Waals surface area contributed by atoms with Gasteiger partial charge in [0.25, 0.3) is 12.3 Å². The van der Waals surface area contributed by atoms with E-state index in [1.54, 1.807) is 15.6 Å². The van der Waals surface area contributed by atoms with E-state index in [1.807, 2.05) is 43.6 Å². The molecule has 0 N–H and O–H groups in total. The standard InChI is InChI=1S/C22H20BN5O/c1-27-12-17-10-18(3-5-20(17)26-27)28-14-25-21-11-16(2-4-19(21)22(28)29)15-6-8-23(13-24)9-7-15/h2-5,10-12,14-15H,6-9H2,1H3. The van der Waals surface area contributed by atoms with Crippen LogP contribution in [-0.4, -0.2) is 26.0 Å². The topological polar surface area (TPSA) is 76.5 Å². The molecule has 0 saturated carbocycles. The predicted molar refractivity (Wildman–Crippen MR) is 115 cm³/mol. The van der Waals surface area contributed by atoms with Gasteiger partial charge < -0.3 is 0 Å². The van der Waals surface area contributed by atoms with Crippen molar-refractivity contribution in [3.63, 3.8) is 0 Å². The summed E-state index contributed by atoms with van der Waals surface area (Å²) in [5.74, 6) is 2.83. The number of nitriles is 1. The molecule has 5 rings (SSSR count). The molecule has 3 heterocycles. The average Bonchev–Trinajstić information content (AvgIpc) is 3.13. The van der Waals surface area contributed by atoms with Gasteiger partial charge in [0.05, 0.1) is 22.1 Å². The van der Waals surface area contributed by atoms with Crippen LogP contribution in [0.3, 0.4) is 0 Å². The van der Waals surface area contributed by atoms with Gasteiger partial charge in [-0.3, -0.25) is 14.0 Å². The summed E-state index contributed by atoms with van der Waals surface area (Å²) in [7, 11) is 1.88. The second-order valence-corrected chi connectivity index (χ2v) is 7.92. The largest absolute Gasteiger partial charge is 0.275 e. The van der Waals surface area contributed by atoms with Crippen LogP contribution in [0.1, 0.15) is 24.3 Å². The first-order valence-corrected chi connectivity index (χ1v) is 9.97. The number of aromatic nitrogens is 4. The maximum absolute atomic E-state index is 13.1. The molecule has 4 aromatic rings. The first-order valence-electron chi connectivity index (χ1n) is 9.97. The van der Waals surface area contributed by atoms with Gasteiger partial charge in [-0.1, -0.05) is 31.5 Å². The fourth-order valence-corrected chi connectivity index (χ4v) is 4.42. The zero-order valence-electron chi connectivity index (χ0n) is 16.2. The number of aryl methyl sites for hydroxylation is 1. The minimum absolute atomic E-state index is 0.0713. The van der Waals surface area contributed by atoms with Crippen molar-refractivity contribution < 1.29 is 0 Å². The van der Waals surface area contributed by atoms with Crippen molar-refractivity contribution in [1.29, 1.82) is 5.26 Å². The van der Waals surface area contributed by atoms with Crippen molar-refractivity contribution in [3.8, 4) is 11.7 Å². The molecule has 2 aromatic carbocycles. The highest BCUT2D eigenvalue weighted by molar-refractivity contribution is 6.67. The Labute approximate surface area is 168 Å². The number of rotatable bonds is 2. The summed E-state index contributed by atoms with van der Waals surface area (Å²) >= 11 is 0. The first-order chi connectivity index (χ1) is 14.1. The van der Waals surface area contributed by atoms with Crippen LogP contribution in [0.25, 0.3) is 27.5 Å². The molecule has 0 atom stereocenters. The third-order valence-corrected chi connectivity index (χ3v) is 6.05. The molecule has 1 fully saturated rings. The summed E-state index contributed by atoms with van der Waals surface area (Å²) in [6, 6.07) is 11.8. The summed E-state index contributed by atoms with van der Waals surface area (Å²) in [6.07, 6.45) is 7.48. The minimum Gasteiger partial charge on any atom is -0.275 e. The van der Waals surface area contributed by atoms with E-state index in [0.29, 0.717) is 11.3 Å². The van der Waals surface area contributed by atoms with Crippen molar-refractivity contribution >= 4 is 28.5 Å². The molecule has 6 nitrogen and oxygen atoms in total. The molecule has 0 radical (unpaired) electrons. The molecular weight excluding hydrogens is 361 g/mol. The van der Waals surface area contributed by atoms with Gasteiger partial charge in [-0.25, -0.2) is 10.2 Å². The molecule has 29 heavy (non-hydrogen) atoms. The van der Waals surface area contributed by atoms with Crippen LogP contribution in [0.2, 0.25) is 12.6 Å². The molecule has 1 aliphatic heterocycles. The van der Waals surface area contributed by atoms with Gasteiger partial charge in [-0.2, -0.15) is 5.10 Å². The van der Waals surface area contributed by atoms with Crippen LogP contribution in [0.15, 0.2) is 53.7 Å². The van der Waals surface area contributed by atoms with Crippen LogP contribution in [0.5, 0.6) is 0 Å². The van der Waals surface area contributed by atoms with Gasteiger partial charge in [0.1, 0.15) is 6.33 Å². The lowest BCUT2D eigenvalue weighted by atomic mass is 9.41. The first kappa shape index (κ1) is 17.7. The molecular formula is C22H20BN5O. The van der Waals surface area contributed by atoms with Gasteiger partial charge in [0.2, 0.25) is 0 Å². The third kappa shape index (κ3) is 3.11. The zero-order valence-corrected chi connectivity index (χ0v) is 16.2. The van der Waals surface area contributed by atoms with Crippen LogP contribution in [0.4, 0.5) is 0 Å². The fourth-order valence-electron chi connectivity index (χ4n) is 4.42. The Morgan fingerprint density at radius 1 is 1.14 bits per heavy atom. The molecule has 0 bridgehead atoms. The molecule has 0 unspecified atom stereocenters. The Kier molecular flexibility index (Phi) is 4.20. The summed E-state index contributed by atoms with van der Waals surface area (Å²) in [5, 5.41) is 15.1. The van der Waals surface area contributed by atoms with E-state index in [4.69, 9.17) is 5.26 Å².